The van der Waals surface area contributed by atoms with Crippen LogP contribution in [-0.2, 0) is 13.2 Å². The number of benzene rings is 3. The van der Waals surface area contributed by atoms with E-state index in [1.165, 1.54) is 12.1 Å². The number of aromatic hydroxyl groups is 1. The molecule has 3 rings (SSSR count). The molecule has 26 heavy (non-hydrogen) atoms. The van der Waals surface area contributed by atoms with E-state index in [0.717, 1.165) is 11.1 Å². The van der Waals surface area contributed by atoms with E-state index in [1.54, 1.807) is 30.3 Å². The summed E-state index contributed by atoms with van der Waals surface area (Å²) in [7, 11) is 0. The third-order valence-corrected chi connectivity index (χ3v) is 3.86. The number of nitrogens with one attached hydrogen (secondary N) is 1. The maximum Gasteiger partial charge on any atom is 0.269 e. The zero-order valence-electron chi connectivity index (χ0n) is 14.0. The number of hydrogen-bond acceptors (Lipinski definition) is 5. The predicted octanol–water partition coefficient (Wildman–Crippen LogP) is 4.49. The molecule has 0 saturated heterocycles. The van der Waals surface area contributed by atoms with Crippen molar-refractivity contribution in [3.8, 4) is 11.5 Å². The minimum absolute atomic E-state index is 0.0422. The maximum absolute atomic E-state index is 10.9. The third kappa shape index (κ3) is 4.30. The Morgan fingerprint density at radius 3 is 2.58 bits per heavy atom. The lowest BCUT2D eigenvalue weighted by molar-refractivity contribution is -0.384. The fraction of sp³-hybridized carbons (Fsp3) is 0.100. The lowest BCUT2D eigenvalue weighted by atomic mass is 10.2. The van der Waals surface area contributed by atoms with Crippen LogP contribution in [0.4, 0.5) is 11.4 Å². The van der Waals surface area contributed by atoms with Gasteiger partial charge in [0.1, 0.15) is 18.1 Å². The Hall–Kier alpha value is -3.54. The number of para-hydroxylation sites is 3. The topological polar surface area (TPSA) is 84.6 Å². The molecule has 0 aromatic heterocycles. The summed E-state index contributed by atoms with van der Waals surface area (Å²) in [5, 5.41) is 23.9. The molecule has 132 valence electrons. The van der Waals surface area contributed by atoms with Crippen LogP contribution in [0, 0.1) is 10.1 Å². The number of non-ortho nitro benzene ring substituents is 1. The van der Waals surface area contributed by atoms with E-state index in [-0.39, 0.29) is 18.0 Å². The molecule has 0 aliphatic heterocycles. The molecule has 6 heteroatoms. The first-order valence-corrected chi connectivity index (χ1v) is 8.09. The Labute approximate surface area is 150 Å². The summed E-state index contributed by atoms with van der Waals surface area (Å²) in [5.74, 6) is 0.865. The number of nitro groups is 1. The number of phenolic OH excluding ortho intramolecular Hbond substituents is 1. The van der Waals surface area contributed by atoms with E-state index in [4.69, 9.17) is 4.74 Å². The molecule has 6 nitrogen and oxygen atoms in total. The van der Waals surface area contributed by atoms with Gasteiger partial charge in [-0.05, 0) is 23.8 Å². The smallest absolute Gasteiger partial charge is 0.269 e. The van der Waals surface area contributed by atoms with Crippen LogP contribution in [0.15, 0.2) is 72.8 Å². The van der Waals surface area contributed by atoms with Crippen molar-refractivity contribution in [1.29, 1.82) is 0 Å². The largest absolute Gasteiger partial charge is 0.506 e. The highest BCUT2D eigenvalue weighted by Crippen LogP contribution is 2.25. The zero-order chi connectivity index (χ0) is 18.4. The van der Waals surface area contributed by atoms with Crippen molar-refractivity contribution in [2.24, 2.45) is 0 Å². The Bertz CT molecular complexity index is 912. The lowest BCUT2D eigenvalue weighted by Gasteiger charge is -2.13. The van der Waals surface area contributed by atoms with Crippen LogP contribution in [0.1, 0.15) is 11.1 Å². The summed E-state index contributed by atoms with van der Waals surface area (Å²) in [4.78, 5) is 10.4. The van der Waals surface area contributed by atoms with Gasteiger partial charge in [0.15, 0.2) is 0 Å². The van der Waals surface area contributed by atoms with Gasteiger partial charge in [0.05, 0.1) is 10.6 Å². The minimum Gasteiger partial charge on any atom is -0.506 e. The van der Waals surface area contributed by atoms with Crippen molar-refractivity contribution < 1.29 is 14.8 Å². The number of anilines is 1. The molecule has 0 radical (unpaired) electrons. The summed E-state index contributed by atoms with van der Waals surface area (Å²) < 4.78 is 5.85. The van der Waals surface area contributed by atoms with Crippen LogP contribution in [0.2, 0.25) is 0 Å². The molecule has 3 aromatic rings. The van der Waals surface area contributed by atoms with E-state index in [9.17, 15) is 15.2 Å². The van der Waals surface area contributed by atoms with Gasteiger partial charge in [-0.3, -0.25) is 10.1 Å². The molecule has 0 amide bonds. The number of phenols is 1. The van der Waals surface area contributed by atoms with Crippen molar-refractivity contribution in [1.82, 2.24) is 0 Å². The standard InChI is InChI=1S/C20H18N2O4/c23-19-10-3-2-9-18(19)21-13-16-7-1-4-11-20(16)26-14-15-6-5-8-17(12-15)22(24)25/h1-12,21,23H,13-14H2. The van der Waals surface area contributed by atoms with Gasteiger partial charge in [-0.15, -0.1) is 0 Å². The molecule has 0 fully saturated rings. The average molecular weight is 350 g/mol. The Morgan fingerprint density at radius 2 is 1.77 bits per heavy atom. The van der Waals surface area contributed by atoms with Gasteiger partial charge < -0.3 is 15.2 Å². The van der Waals surface area contributed by atoms with E-state index in [0.29, 0.717) is 18.0 Å². The van der Waals surface area contributed by atoms with Gasteiger partial charge >= 0.3 is 0 Å². The summed E-state index contributed by atoms with van der Waals surface area (Å²) in [6.07, 6.45) is 0. The molecule has 0 atom stereocenters. The highest BCUT2D eigenvalue weighted by Gasteiger charge is 2.08. The maximum atomic E-state index is 10.9. The normalized spacial score (nSPS) is 10.3. The van der Waals surface area contributed by atoms with E-state index >= 15 is 0 Å². The van der Waals surface area contributed by atoms with Crippen LogP contribution in [0.25, 0.3) is 0 Å². The Kier molecular flexibility index (Phi) is 5.34. The molecular weight excluding hydrogens is 332 g/mol. The highest BCUT2D eigenvalue weighted by molar-refractivity contribution is 5.55. The number of rotatable bonds is 7. The van der Waals surface area contributed by atoms with Crippen molar-refractivity contribution in [3.63, 3.8) is 0 Å². The molecule has 0 bridgehead atoms. The summed E-state index contributed by atoms with van der Waals surface area (Å²) >= 11 is 0. The molecule has 0 aliphatic carbocycles. The molecule has 3 aromatic carbocycles. The molecular formula is C20H18N2O4. The van der Waals surface area contributed by atoms with E-state index in [1.807, 2.05) is 30.3 Å². The van der Waals surface area contributed by atoms with Gasteiger partial charge in [0.25, 0.3) is 5.69 Å². The molecule has 0 unspecified atom stereocenters. The summed E-state index contributed by atoms with van der Waals surface area (Å²) in [6.45, 7) is 0.706. The number of hydrogen-bond donors (Lipinski definition) is 2. The second kappa shape index (κ2) is 8.02. The number of ether oxygens (including phenoxy) is 1. The molecule has 0 spiro atoms. The fourth-order valence-corrected chi connectivity index (χ4v) is 2.53. The number of nitrogens with zero attached hydrogens (tertiary/aromatic N) is 1. The molecule has 0 aliphatic rings. The van der Waals surface area contributed by atoms with Gasteiger partial charge in [-0.2, -0.15) is 0 Å². The van der Waals surface area contributed by atoms with Crippen molar-refractivity contribution in [3.05, 3.63) is 94.0 Å². The van der Waals surface area contributed by atoms with Crippen LogP contribution >= 0.6 is 0 Å². The monoisotopic (exact) mass is 350 g/mol. The first-order chi connectivity index (χ1) is 12.6. The number of nitro benzene ring substituents is 1. The third-order valence-electron chi connectivity index (χ3n) is 3.86. The summed E-state index contributed by atoms with van der Waals surface area (Å²) in [5.41, 5.74) is 2.32. The van der Waals surface area contributed by atoms with Gasteiger partial charge in [-0.1, -0.05) is 42.5 Å². The van der Waals surface area contributed by atoms with Crippen LogP contribution < -0.4 is 10.1 Å². The quantitative estimate of drug-likeness (QED) is 0.372. The van der Waals surface area contributed by atoms with E-state index < -0.39 is 4.92 Å². The predicted molar refractivity (Wildman–Crippen MR) is 99.3 cm³/mol. The SMILES string of the molecule is O=[N+]([O-])c1cccc(COc2ccccc2CNc2ccccc2O)c1. The van der Waals surface area contributed by atoms with Crippen molar-refractivity contribution in [2.75, 3.05) is 5.32 Å². The first kappa shape index (κ1) is 17.3. The Balaban J connectivity index is 1.68. The zero-order valence-corrected chi connectivity index (χ0v) is 14.0. The minimum atomic E-state index is -0.423. The van der Waals surface area contributed by atoms with Crippen LogP contribution in [0.5, 0.6) is 11.5 Å². The Morgan fingerprint density at radius 1 is 1.00 bits per heavy atom. The van der Waals surface area contributed by atoms with Crippen LogP contribution in [-0.4, -0.2) is 10.0 Å². The first-order valence-electron chi connectivity index (χ1n) is 8.09. The van der Waals surface area contributed by atoms with Crippen molar-refractivity contribution in [2.45, 2.75) is 13.2 Å². The molecule has 2 N–H and O–H groups in total. The second-order valence-electron chi connectivity index (χ2n) is 5.69. The van der Waals surface area contributed by atoms with Crippen molar-refractivity contribution >= 4 is 11.4 Å². The molecule has 0 saturated carbocycles. The second-order valence-corrected chi connectivity index (χ2v) is 5.69. The lowest BCUT2D eigenvalue weighted by Crippen LogP contribution is -2.04. The van der Waals surface area contributed by atoms with Gasteiger partial charge in [0, 0.05) is 24.2 Å². The van der Waals surface area contributed by atoms with Gasteiger partial charge in [0.2, 0.25) is 0 Å². The highest BCUT2D eigenvalue weighted by atomic mass is 16.6. The van der Waals surface area contributed by atoms with E-state index in [2.05, 4.69) is 5.32 Å². The summed E-state index contributed by atoms with van der Waals surface area (Å²) in [6, 6.07) is 20.9. The molecule has 0 heterocycles. The average Bonchev–Trinajstić information content (AvgIpc) is 2.66. The van der Waals surface area contributed by atoms with Crippen LogP contribution in [0.3, 0.4) is 0 Å². The van der Waals surface area contributed by atoms with Gasteiger partial charge in [-0.25, -0.2) is 0 Å². The fourth-order valence-electron chi connectivity index (χ4n) is 2.53.